The highest BCUT2D eigenvalue weighted by Gasteiger charge is 2.19. The summed E-state index contributed by atoms with van der Waals surface area (Å²) in [6.45, 7) is 5.54. The molecule has 0 aromatic heterocycles. The summed E-state index contributed by atoms with van der Waals surface area (Å²) in [5, 5.41) is 3.38. The van der Waals surface area contributed by atoms with Crippen molar-refractivity contribution in [1.29, 1.82) is 0 Å². The molecule has 3 nitrogen and oxygen atoms in total. The Kier molecular flexibility index (Phi) is 5.45. The molecular formula is C17H25NO2. The second-order valence-electron chi connectivity index (χ2n) is 5.44. The fourth-order valence-corrected chi connectivity index (χ4v) is 2.84. The molecule has 1 aromatic carbocycles. The zero-order chi connectivity index (χ0) is 14.4. The normalized spacial score (nSPS) is 14.5. The number of nitrogens with one attached hydrogen (secondary N) is 1. The lowest BCUT2D eigenvalue weighted by Gasteiger charge is -2.17. The molecule has 0 saturated carbocycles. The SMILES string of the molecule is CCCCC(CC(=O)OCC)c1ccc2c(c1)CCN2. The van der Waals surface area contributed by atoms with Crippen molar-refractivity contribution in [2.75, 3.05) is 18.5 Å². The lowest BCUT2D eigenvalue weighted by atomic mass is 9.89. The first-order valence-electron chi connectivity index (χ1n) is 7.77. The van der Waals surface area contributed by atoms with Gasteiger partial charge in [0, 0.05) is 12.2 Å². The minimum atomic E-state index is -0.0766. The Balaban J connectivity index is 2.10. The van der Waals surface area contributed by atoms with Crippen molar-refractivity contribution in [1.82, 2.24) is 0 Å². The number of unbranched alkanes of at least 4 members (excludes halogenated alkanes) is 1. The highest BCUT2D eigenvalue weighted by atomic mass is 16.5. The molecule has 20 heavy (non-hydrogen) atoms. The van der Waals surface area contributed by atoms with Crippen LogP contribution in [0, 0.1) is 0 Å². The minimum Gasteiger partial charge on any atom is -0.466 e. The number of fused-ring (bicyclic) bond motifs is 1. The van der Waals surface area contributed by atoms with Gasteiger partial charge in [-0.1, -0.05) is 31.9 Å². The molecule has 0 bridgehead atoms. The third-order valence-electron chi connectivity index (χ3n) is 3.94. The van der Waals surface area contributed by atoms with Gasteiger partial charge in [-0.05, 0) is 42.9 Å². The van der Waals surface area contributed by atoms with Crippen molar-refractivity contribution < 1.29 is 9.53 Å². The summed E-state index contributed by atoms with van der Waals surface area (Å²) in [5.74, 6) is 0.215. The molecule has 0 aliphatic carbocycles. The van der Waals surface area contributed by atoms with Gasteiger partial charge >= 0.3 is 5.97 Å². The van der Waals surface area contributed by atoms with E-state index in [1.165, 1.54) is 16.8 Å². The first kappa shape index (κ1) is 14.9. The molecule has 0 saturated heterocycles. The van der Waals surface area contributed by atoms with Crippen LogP contribution >= 0.6 is 0 Å². The van der Waals surface area contributed by atoms with Gasteiger partial charge in [-0.25, -0.2) is 0 Å². The van der Waals surface area contributed by atoms with Gasteiger partial charge in [0.15, 0.2) is 0 Å². The quantitative estimate of drug-likeness (QED) is 0.767. The smallest absolute Gasteiger partial charge is 0.306 e. The third kappa shape index (κ3) is 3.75. The van der Waals surface area contributed by atoms with Gasteiger partial charge in [0.1, 0.15) is 0 Å². The van der Waals surface area contributed by atoms with E-state index in [1.54, 1.807) is 0 Å². The summed E-state index contributed by atoms with van der Waals surface area (Å²) in [6, 6.07) is 6.59. The summed E-state index contributed by atoms with van der Waals surface area (Å²) in [7, 11) is 0. The summed E-state index contributed by atoms with van der Waals surface area (Å²) in [6.07, 6.45) is 4.95. The highest BCUT2D eigenvalue weighted by Crippen LogP contribution is 2.31. The van der Waals surface area contributed by atoms with Crippen LogP contribution in [0.4, 0.5) is 5.69 Å². The monoisotopic (exact) mass is 275 g/mol. The summed E-state index contributed by atoms with van der Waals surface area (Å²) in [4.78, 5) is 11.8. The van der Waals surface area contributed by atoms with Crippen molar-refractivity contribution in [3.05, 3.63) is 29.3 Å². The maximum Gasteiger partial charge on any atom is 0.306 e. The molecule has 110 valence electrons. The van der Waals surface area contributed by atoms with Gasteiger partial charge in [0.2, 0.25) is 0 Å². The van der Waals surface area contributed by atoms with Crippen LogP contribution in [0.5, 0.6) is 0 Å². The Morgan fingerprint density at radius 1 is 1.40 bits per heavy atom. The number of hydrogen-bond donors (Lipinski definition) is 1. The van der Waals surface area contributed by atoms with Crippen molar-refractivity contribution >= 4 is 11.7 Å². The second-order valence-corrected chi connectivity index (χ2v) is 5.44. The molecule has 0 amide bonds. The van der Waals surface area contributed by atoms with Crippen molar-refractivity contribution in [2.24, 2.45) is 0 Å². The lowest BCUT2D eigenvalue weighted by Crippen LogP contribution is -2.11. The van der Waals surface area contributed by atoms with Crippen LogP contribution in [0.25, 0.3) is 0 Å². The molecule has 1 aromatic rings. The average Bonchev–Trinajstić information content (AvgIpc) is 2.91. The van der Waals surface area contributed by atoms with E-state index in [9.17, 15) is 4.79 Å². The van der Waals surface area contributed by atoms with E-state index in [0.717, 1.165) is 32.2 Å². The van der Waals surface area contributed by atoms with E-state index in [-0.39, 0.29) is 5.97 Å². The Bertz CT molecular complexity index is 456. The van der Waals surface area contributed by atoms with Gasteiger partial charge in [-0.15, -0.1) is 0 Å². The molecule has 0 radical (unpaired) electrons. The van der Waals surface area contributed by atoms with Crippen molar-refractivity contribution in [3.63, 3.8) is 0 Å². The Hall–Kier alpha value is -1.51. The van der Waals surface area contributed by atoms with Crippen molar-refractivity contribution in [3.8, 4) is 0 Å². The van der Waals surface area contributed by atoms with Crippen LogP contribution in [0.3, 0.4) is 0 Å². The lowest BCUT2D eigenvalue weighted by molar-refractivity contribution is -0.143. The number of rotatable bonds is 7. The summed E-state index contributed by atoms with van der Waals surface area (Å²) >= 11 is 0. The van der Waals surface area contributed by atoms with Gasteiger partial charge in [-0.2, -0.15) is 0 Å². The number of hydrogen-bond acceptors (Lipinski definition) is 3. The minimum absolute atomic E-state index is 0.0766. The van der Waals surface area contributed by atoms with E-state index < -0.39 is 0 Å². The molecule has 1 unspecified atom stereocenters. The fraction of sp³-hybridized carbons (Fsp3) is 0.588. The Labute approximate surface area is 121 Å². The molecule has 0 fully saturated rings. The molecule has 2 rings (SSSR count). The first-order chi connectivity index (χ1) is 9.74. The Morgan fingerprint density at radius 3 is 3.00 bits per heavy atom. The van der Waals surface area contributed by atoms with Gasteiger partial charge in [0.05, 0.1) is 13.0 Å². The molecule has 1 heterocycles. The average molecular weight is 275 g/mol. The molecule has 3 heteroatoms. The standard InChI is InChI=1S/C17H25NO2/c1-3-5-6-13(12-17(19)20-4-2)14-7-8-16-15(11-14)9-10-18-16/h7-8,11,13,18H,3-6,9-10,12H2,1-2H3. The number of anilines is 1. The maximum absolute atomic E-state index is 11.8. The third-order valence-corrected chi connectivity index (χ3v) is 3.94. The molecule has 1 aliphatic rings. The van der Waals surface area contributed by atoms with E-state index in [2.05, 4.69) is 30.4 Å². The molecule has 1 N–H and O–H groups in total. The maximum atomic E-state index is 11.8. The van der Waals surface area contributed by atoms with Crippen LogP contribution in [0.2, 0.25) is 0 Å². The van der Waals surface area contributed by atoms with E-state index in [1.807, 2.05) is 6.92 Å². The zero-order valence-electron chi connectivity index (χ0n) is 12.6. The molecule has 1 aliphatic heterocycles. The summed E-state index contributed by atoms with van der Waals surface area (Å²) in [5.41, 5.74) is 3.92. The van der Waals surface area contributed by atoms with E-state index in [4.69, 9.17) is 4.74 Å². The Morgan fingerprint density at radius 2 is 2.25 bits per heavy atom. The number of esters is 1. The molecule has 1 atom stereocenters. The van der Waals surface area contributed by atoms with Crippen LogP contribution in [0.15, 0.2) is 18.2 Å². The van der Waals surface area contributed by atoms with Gasteiger partial charge < -0.3 is 10.1 Å². The number of carbonyl (C=O) groups excluding carboxylic acids is 1. The van der Waals surface area contributed by atoms with Crippen LogP contribution in [-0.4, -0.2) is 19.1 Å². The second kappa shape index (κ2) is 7.32. The van der Waals surface area contributed by atoms with Crippen molar-refractivity contribution in [2.45, 2.75) is 51.9 Å². The molecule has 0 spiro atoms. The van der Waals surface area contributed by atoms with Crippen LogP contribution in [0.1, 0.15) is 56.6 Å². The first-order valence-corrected chi connectivity index (χ1v) is 7.77. The summed E-state index contributed by atoms with van der Waals surface area (Å²) < 4.78 is 5.12. The van der Waals surface area contributed by atoms with E-state index in [0.29, 0.717) is 18.9 Å². The van der Waals surface area contributed by atoms with E-state index >= 15 is 0 Å². The van der Waals surface area contributed by atoms with Gasteiger partial charge in [-0.3, -0.25) is 4.79 Å². The topological polar surface area (TPSA) is 38.3 Å². The highest BCUT2D eigenvalue weighted by molar-refractivity contribution is 5.70. The predicted molar refractivity (Wildman–Crippen MR) is 82.2 cm³/mol. The van der Waals surface area contributed by atoms with Crippen LogP contribution in [-0.2, 0) is 16.0 Å². The predicted octanol–water partition coefficient (Wildman–Crippen LogP) is 3.88. The van der Waals surface area contributed by atoms with Crippen LogP contribution < -0.4 is 5.32 Å². The number of benzene rings is 1. The zero-order valence-corrected chi connectivity index (χ0v) is 12.6. The van der Waals surface area contributed by atoms with Gasteiger partial charge in [0.25, 0.3) is 0 Å². The largest absolute Gasteiger partial charge is 0.466 e. The molecular weight excluding hydrogens is 250 g/mol. The fourth-order valence-electron chi connectivity index (χ4n) is 2.84. The number of carbonyl (C=O) groups is 1. The number of ether oxygens (including phenoxy) is 1.